The minimum absolute atomic E-state index is 0.00985. The van der Waals surface area contributed by atoms with Gasteiger partial charge in [0.05, 0.1) is 44.0 Å². The van der Waals surface area contributed by atoms with Crippen LogP contribution in [0.4, 0.5) is 5.69 Å². The summed E-state index contributed by atoms with van der Waals surface area (Å²) in [4.78, 5) is 26.1. The molecule has 0 aromatic heterocycles. The van der Waals surface area contributed by atoms with Gasteiger partial charge >= 0.3 is 5.97 Å². The number of allylic oxidation sites excluding steroid dienone is 2. The Labute approximate surface area is 245 Å². The summed E-state index contributed by atoms with van der Waals surface area (Å²) in [5, 5.41) is 17.7. The Bertz CT molecular complexity index is 1520. The number of carbonyl (C=O) groups is 2. The van der Waals surface area contributed by atoms with Crippen molar-refractivity contribution >= 4 is 64.1 Å². The van der Waals surface area contributed by atoms with Crippen LogP contribution >= 0.6 is 46.6 Å². The summed E-state index contributed by atoms with van der Waals surface area (Å²) in [5.74, 6) is -1.67. The van der Waals surface area contributed by atoms with E-state index in [9.17, 15) is 14.9 Å². The van der Waals surface area contributed by atoms with Crippen molar-refractivity contribution in [3.8, 4) is 6.07 Å². The fourth-order valence-corrected chi connectivity index (χ4v) is 5.46. The Morgan fingerprint density at radius 3 is 2.41 bits per heavy atom. The highest BCUT2D eigenvalue weighted by molar-refractivity contribution is 8.03. The summed E-state index contributed by atoms with van der Waals surface area (Å²) in [7, 11) is 0. The van der Waals surface area contributed by atoms with Gasteiger partial charge in [-0.15, -0.1) is 0 Å². The topological polar surface area (TPSA) is 91.2 Å². The number of thioether (sulfide) groups is 1. The van der Waals surface area contributed by atoms with Gasteiger partial charge in [0, 0.05) is 16.4 Å². The smallest absolute Gasteiger partial charge is 0.337 e. The van der Waals surface area contributed by atoms with Crippen LogP contribution in [0.15, 0.2) is 94.7 Å². The highest BCUT2D eigenvalue weighted by Gasteiger charge is 2.36. The van der Waals surface area contributed by atoms with Gasteiger partial charge < -0.3 is 15.4 Å². The number of ether oxygens (including phenoxy) is 1. The second-order valence-electron chi connectivity index (χ2n) is 8.50. The SMILES string of the molecule is CC1=C(C(=O)OCc2ccccc2)[C@H](c2ccccc2Cl)C(C#N)=C(SCC(=O)Nc2ccc(Cl)c(Cl)c2)N1. The van der Waals surface area contributed by atoms with Crippen molar-refractivity contribution in [2.24, 2.45) is 0 Å². The van der Waals surface area contributed by atoms with Gasteiger partial charge in [0.15, 0.2) is 0 Å². The number of carbonyl (C=O) groups excluding carboxylic acids is 2. The van der Waals surface area contributed by atoms with Gasteiger partial charge in [0.2, 0.25) is 5.91 Å². The molecule has 0 saturated heterocycles. The van der Waals surface area contributed by atoms with E-state index in [1.165, 1.54) is 0 Å². The number of esters is 1. The molecule has 1 aliphatic heterocycles. The average molecular weight is 599 g/mol. The molecule has 1 aliphatic rings. The zero-order valence-electron chi connectivity index (χ0n) is 20.6. The van der Waals surface area contributed by atoms with Gasteiger partial charge in [-0.25, -0.2) is 4.79 Å². The number of nitrogens with zero attached hydrogens (tertiary/aromatic N) is 1. The van der Waals surface area contributed by atoms with E-state index in [0.29, 0.717) is 37.0 Å². The third-order valence-electron chi connectivity index (χ3n) is 5.85. The predicted octanol–water partition coefficient (Wildman–Crippen LogP) is 7.46. The Balaban J connectivity index is 1.59. The maximum atomic E-state index is 13.4. The van der Waals surface area contributed by atoms with Crippen LogP contribution in [-0.2, 0) is 20.9 Å². The normalized spacial score (nSPS) is 14.9. The first-order valence-electron chi connectivity index (χ1n) is 11.7. The molecule has 1 heterocycles. The predicted molar refractivity (Wildman–Crippen MR) is 156 cm³/mol. The number of nitriles is 1. The highest BCUT2D eigenvalue weighted by atomic mass is 35.5. The number of hydrogen-bond acceptors (Lipinski definition) is 6. The number of amides is 1. The third-order valence-corrected chi connectivity index (χ3v) is 7.95. The van der Waals surface area contributed by atoms with Gasteiger partial charge in [0.25, 0.3) is 0 Å². The van der Waals surface area contributed by atoms with E-state index in [1.54, 1.807) is 49.4 Å². The van der Waals surface area contributed by atoms with E-state index in [-0.39, 0.29) is 29.4 Å². The van der Waals surface area contributed by atoms with E-state index in [2.05, 4.69) is 16.7 Å². The molecule has 39 heavy (non-hydrogen) atoms. The standard InChI is InChI=1S/C29H22Cl3N3O3S/c1-17-26(29(37)38-15-18-7-3-2-4-8-18)27(20-9-5-6-10-22(20)30)21(14-33)28(34-17)39-16-25(36)35-19-11-12-23(31)24(32)13-19/h2-13,27,34H,15-16H2,1H3,(H,35,36)/t27-/m1/s1. The molecule has 1 atom stereocenters. The third kappa shape index (κ3) is 6.97. The molecular formula is C29H22Cl3N3O3S. The second-order valence-corrected chi connectivity index (χ2v) is 10.7. The van der Waals surface area contributed by atoms with Gasteiger partial charge in [-0.3, -0.25) is 4.79 Å². The van der Waals surface area contributed by atoms with Crippen LogP contribution in [0, 0.1) is 11.3 Å². The Hall–Kier alpha value is -3.41. The maximum absolute atomic E-state index is 13.4. The lowest BCUT2D eigenvalue weighted by atomic mass is 9.82. The molecule has 4 rings (SSSR count). The lowest BCUT2D eigenvalue weighted by Gasteiger charge is -2.29. The van der Waals surface area contributed by atoms with Gasteiger partial charge in [-0.2, -0.15) is 5.26 Å². The average Bonchev–Trinajstić information content (AvgIpc) is 2.93. The number of benzene rings is 3. The number of hydrogen-bond donors (Lipinski definition) is 2. The first kappa shape index (κ1) is 28.6. The largest absolute Gasteiger partial charge is 0.457 e. The molecule has 2 N–H and O–H groups in total. The molecule has 0 aliphatic carbocycles. The molecule has 0 saturated carbocycles. The fraction of sp³-hybridized carbons (Fsp3) is 0.138. The molecule has 3 aromatic carbocycles. The van der Waals surface area contributed by atoms with Gasteiger partial charge in [-0.1, -0.05) is 95.1 Å². The number of anilines is 1. The molecular weight excluding hydrogens is 577 g/mol. The Morgan fingerprint density at radius 1 is 1.00 bits per heavy atom. The Morgan fingerprint density at radius 2 is 1.72 bits per heavy atom. The minimum Gasteiger partial charge on any atom is -0.457 e. The van der Waals surface area contributed by atoms with Crippen LogP contribution in [0.1, 0.15) is 24.0 Å². The molecule has 0 fully saturated rings. The number of nitrogens with one attached hydrogen (secondary N) is 2. The van der Waals surface area contributed by atoms with Crippen LogP contribution in [-0.4, -0.2) is 17.6 Å². The van der Waals surface area contributed by atoms with Crippen LogP contribution in [0.5, 0.6) is 0 Å². The van der Waals surface area contributed by atoms with Crippen molar-refractivity contribution in [3.05, 3.63) is 121 Å². The summed E-state index contributed by atoms with van der Waals surface area (Å²) in [6.07, 6.45) is 0. The fourth-order valence-electron chi connectivity index (χ4n) is 4.03. The highest BCUT2D eigenvalue weighted by Crippen LogP contribution is 2.43. The van der Waals surface area contributed by atoms with E-state index in [0.717, 1.165) is 17.3 Å². The van der Waals surface area contributed by atoms with Crippen molar-refractivity contribution < 1.29 is 14.3 Å². The molecule has 3 aromatic rings. The molecule has 0 bridgehead atoms. The first-order chi connectivity index (χ1) is 18.8. The van der Waals surface area contributed by atoms with Crippen molar-refractivity contribution in [3.63, 3.8) is 0 Å². The van der Waals surface area contributed by atoms with Crippen LogP contribution in [0.25, 0.3) is 0 Å². The Kier molecular flexibility index (Phi) is 9.60. The van der Waals surface area contributed by atoms with Crippen molar-refractivity contribution in [1.82, 2.24) is 5.32 Å². The molecule has 1 amide bonds. The molecule has 0 unspecified atom stereocenters. The number of halogens is 3. The molecule has 10 heteroatoms. The van der Waals surface area contributed by atoms with E-state index in [1.807, 2.05) is 30.3 Å². The van der Waals surface area contributed by atoms with Crippen LogP contribution in [0.2, 0.25) is 15.1 Å². The molecule has 6 nitrogen and oxygen atoms in total. The van der Waals surface area contributed by atoms with E-state index >= 15 is 0 Å². The van der Waals surface area contributed by atoms with Crippen molar-refractivity contribution in [2.45, 2.75) is 19.4 Å². The van der Waals surface area contributed by atoms with Crippen LogP contribution < -0.4 is 10.6 Å². The zero-order chi connectivity index (χ0) is 27.9. The summed E-state index contributed by atoms with van der Waals surface area (Å²) >= 11 is 19.7. The molecule has 198 valence electrons. The summed E-state index contributed by atoms with van der Waals surface area (Å²) in [5.41, 5.74) is 2.95. The van der Waals surface area contributed by atoms with E-state index in [4.69, 9.17) is 39.5 Å². The summed E-state index contributed by atoms with van der Waals surface area (Å²) in [6.45, 7) is 1.81. The van der Waals surface area contributed by atoms with Gasteiger partial charge in [0.1, 0.15) is 6.61 Å². The summed E-state index contributed by atoms with van der Waals surface area (Å²) < 4.78 is 5.64. The minimum atomic E-state index is -0.783. The lowest BCUT2D eigenvalue weighted by Crippen LogP contribution is -2.29. The number of rotatable bonds is 8. The lowest BCUT2D eigenvalue weighted by molar-refractivity contribution is -0.140. The van der Waals surface area contributed by atoms with E-state index < -0.39 is 11.9 Å². The monoisotopic (exact) mass is 597 g/mol. The van der Waals surface area contributed by atoms with Gasteiger partial charge in [-0.05, 0) is 42.3 Å². The van der Waals surface area contributed by atoms with Crippen molar-refractivity contribution in [2.75, 3.05) is 11.1 Å². The quantitative estimate of drug-likeness (QED) is 0.262. The number of dihydropyridines is 1. The van der Waals surface area contributed by atoms with Crippen molar-refractivity contribution in [1.29, 1.82) is 5.26 Å². The molecule has 0 radical (unpaired) electrons. The summed E-state index contributed by atoms with van der Waals surface area (Å²) in [6, 6.07) is 23.4. The first-order valence-corrected chi connectivity index (χ1v) is 13.9. The molecule has 0 spiro atoms. The maximum Gasteiger partial charge on any atom is 0.337 e. The second kappa shape index (κ2) is 13.1. The zero-order valence-corrected chi connectivity index (χ0v) is 23.7. The van der Waals surface area contributed by atoms with Crippen LogP contribution in [0.3, 0.4) is 0 Å².